The van der Waals surface area contributed by atoms with Crippen molar-refractivity contribution >= 4 is 23.2 Å². The van der Waals surface area contributed by atoms with E-state index in [9.17, 15) is 9.59 Å². The van der Waals surface area contributed by atoms with Crippen LogP contribution in [0.1, 0.15) is 25.5 Å². The van der Waals surface area contributed by atoms with Crippen molar-refractivity contribution < 1.29 is 4.79 Å². The molecule has 0 aliphatic carbocycles. The van der Waals surface area contributed by atoms with Gasteiger partial charge in [0.1, 0.15) is 0 Å². The molecule has 2 aromatic heterocycles. The Morgan fingerprint density at radius 2 is 1.96 bits per heavy atom. The van der Waals surface area contributed by atoms with E-state index in [2.05, 4.69) is 4.98 Å². The van der Waals surface area contributed by atoms with Gasteiger partial charge in [0.25, 0.3) is 5.56 Å². The van der Waals surface area contributed by atoms with Crippen molar-refractivity contribution in [1.29, 1.82) is 0 Å². The van der Waals surface area contributed by atoms with E-state index in [1.807, 2.05) is 26.0 Å². The molecular weight excluding hydrogens is 326 g/mol. The summed E-state index contributed by atoms with van der Waals surface area (Å²) in [7, 11) is 0. The van der Waals surface area contributed by atoms with Gasteiger partial charge in [-0.1, -0.05) is 30.7 Å². The molecule has 0 saturated heterocycles. The van der Waals surface area contributed by atoms with Crippen LogP contribution in [0.4, 0.5) is 0 Å². The van der Waals surface area contributed by atoms with E-state index >= 15 is 0 Å². The number of benzene rings is 1. The maximum absolute atomic E-state index is 12.3. The van der Waals surface area contributed by atoms with E-state index in [0.29, 0.717) is 22.9 Å². The van der Waals surface area contributed by atoms with Crippen LogP contribution in [-0.2, 0) is 11.3 Å². The van der Waals surface area contributed by atoms with Crippen LogP contribution in [0.25, 0.3) is 17.0 Å². The van der Waals surface area contributed by atoms with E-state index in [1.165, 1.54) is 10.5 Å². The highest BCUT2D eigenvalue weighted by Crippen LogP contribution is 2.21. The van der Waals surface area contributed by atoms with Crippen molar-refractivity contribution in [3.63, 3.8) is 0 Å². The van der Waals surface area contributed by atoms with Crippen LogP contribution in [0.3, 0.4) is 0 Å². The molecule has 5 nitrogen and oxygen atoms in total. The lowest BCUT2D eigenvalue weighted by molar-refractivity contribution is -0.119. The van der Waals surface area contributed by atoms with E-state index in [0.717, 1.165) is 17.7 Å². The maximum Gasteiger partial charge on any atom is 0.259 e. The van der Waals surface area contributed by atoms with Gasteiger partial charge in [0.15, 0.2) is 5.78 Å². The van der Waals surface area contributed by atoms with Crippen molar-refractivity contribution in [3.05, 3.63) is 57.6 Å². The summed E-state index contributed by atoms with van der Waals surface area (Å²) in [6.45, 7) is 4.01. The molecule has 0 aliphatic heterocycles. The first-order valence-electron chi connectivity index (χ1n) is 7.86. The highest BCUT2D eigenvalue weighted by atomic mass is 35.5. The number of nitrogens with zero attached hydrogens (tertiary/aromatic N) is 3. The van der Waals surface area contributed by atoms with E-state index in [-0.39, 0.29) is 17.9 Å². The first-order valence-corrected chi connectivity index (χ1v) is 8.24. The third-order valence-electron chi connectivity index (χ3n) is 3.93. The van der Waals surface area contributed by atoms with Gasteiger partial charge in [0, 0.05) is 35.0 Å². The summed E-state index contributed by atoms with van der Waals surface area (Å²) in [5, 5.41) is 0.642. The summed E-state index contributed by atoms with van der Waals surface area (Å²) < 4.78 is 3.27. The Morgan fingerprint density at radius 3 is 2.62 bits per heavy atom. The molecule has 3 aromatic rings. The second-order valence-electron chi connectivity index (χ2n) is 5.80. The summed E-state index contributed by atoms with van der Waals surface area (Å²) in [4.78, 5) is 28.9. The Hall–Kier alpha value is -2.40. The van der Waals surface area contributed by atoms with Crippen LogP contribution in [0, 0.1) is 6.92 Å². The zero-order valence-corrected chi connectivity index (χ0v) is 14.4. The lowest BCUT2D eigenvalue weighted by atomic mass is 10.2. The number of hydrogen-bond acceptors (Lipinski definition) is 3. The number of carbonyl (C=O) groups is 1. The molecule has 0 radical (unpaired) electrons. The average Bonchev–Trinajstić information content (AvgIpc) is 2.98. The van der Waals surface area contributed by atoms with Gasteiger partial charge in [-0.05, 0) is 25.5 Å². The van der Waals surface area contributed by atoms with Crippen molar-refractivity contribution in [2.75, 3.05) is 0 Å². The lowest BCUT2D eigenvalue weighted by Crippen LogP contribution is -2.21. The molecular formula is C18H18ClN3O2. The molecule has 0 N–H and O–H groups in total. The predicted molar refractivity (Wildman–Crippen MR) is 94.6 cm³/mol. The van der Waals surface area contributed by atoms with E-state index in [4.69, 9.17) is 11.6 Å². The van der Waals surface area contributed by atoms with Gasteiger partial charge in [0.05, 0.1) is 12.2 Å². The van der Waals surface area contributed by atoms with Crippen molar-refractivity contribution in [2.24, 2.45) is 0 Å². The number of aryl methyl sites for hydroxylation is 1. The second-order valence-corrected chi connectivity index (χ2v) is 6.24. The van der Waals surface area contributed by atoms with Crippen LogP contribution < -0.4 is 5.56 Å². The van der Waals surface area contributed by atoms with Crippen LogP contribution in [0.15, 0.2) is 41.3 Å². The number of Topliss-reactive ketones (excluding diaryl/α,β-unsaturated/α-hetero) is 1. The fourth-order valence-corrected chi connectivity index (χ4v) is 2.82. The van der Waals surface area contributed by atoms with Crippen LogP contribution in [-0.4, -0.2) is 19.7 Å². The summed E-state index contributed by atoms with van der Waals surface area (Å²) in [6.07, 6.45) is 3.02. The Labute approximate surface area is 144 Å². The second kappa shape index (κ2) is 6.61. The number of ketones is 1. The number of aromatic nitrogens is 3. The SMILES string of the molecule is CCCC(=O)Cn1c(C)cc(=O)n2cc(-c3ccc(Cl)cc3)nc12. The van der Waals surface area contributed by atoms with Gasteiger partial charge in [0.2, 0.25) is 5.78 Å². The number of rotatable bonds is 5. The number of imidazole rings is 1. The summed E-state index contributed by atoms with van der Waals surface area (Å²) in [5.74, 6) is 0.608. The highest BCUT2D eigenvalue weighted by Gasteiger charge is 2.13. The van der Waals surface area contributed by atoms with Gasteiger partial charge >= 0.3 is 0 Å². The Morgan fingerprint density at radius 1 is 1.25 bits per heavy atom. The normalized spacial score (nSPS) is 11.1. The molecule has 0 fully saturated rings. The number of carbonyl (C=O) groups excluding carboxylic acids is 1. The number of fused-ring (bicyclic) bond motifs is 1. The third kappa shape index (κ3) is 3.12. The summed E-state index contributed by atoms with van der Waals surface area (Å²) in [6, 6.07) is 8.80. The van der Waals surface area contributed by atoms with Crippen molar-refractivity contribution in [1.82, 2.24) is 14.0 Å². The van der Waals surface area contributed by atoms with Gasteiger partial charge in [-0.3, -0.25) is 14.0 Å². The standard InChI is InChI=1S/C18H18ClN3O2/c1-3-4-15(23)10-21-12(2)9-17(24)22-11-16(20-18(21)22)13-5-7-14(19)8-6-13/h5-9,11H,3-4,10H2,1-2H3. The number of halogens is 1. The maximum atomic E-state index is 12.3. The molecule has 0 bridgehead atoms. The average molecular weight is 344 g/mol. The molecule has 0 atom stereocenters. The molecule has 24 heavy (non-hydrogen) atoms. The molecule has 0 unspecified atom stereocenters. The first-order chi connectivity index (χ1) is 11.5. The molecule has 1 aromatic carbocycles. The van der Waals surface area contributed by atoms with Gasteiger partial charge in [-0.15, -0.1) is 0 Å². The Kier molecular flexibility index (Phi) is 4.53. The molecule has 2 heterocycles. The zero-order valence-electron chi connectivity index (χ0n) is 13.6. The fraction of sp³-hybridized carbons (Fsp3) is 0.278. The molecule has 3 rings (SSSR count). The molecule has 6 heteroatoms. The Balaban J connectivity index is 2.13. The van der Waals surface area contributed by atoms with Crippen molar-refractivity contribution in [2.45, 2.75) is 33.2 Å². The minimum atomic E-state index is -0.158. The molecule has 0 spiro atoms. The lowest BCUT2D eigenvalue weighted by Gasteiger charge is -2.10. The first kappa shape index (κ1) is 16.5. The molecule has 0 aliphatic rings. The predicted octanol–water partition coefficient (Wildman–Crippen LogP) is 3.49. The van der Waals surface area contributed by atoms with E-state index < -0.39 is 0 Å². The largest absolute Gasteiger partial charge is 0.308 e. The van der Waals surface area contributed by atoms with Gasteiger partial charge < -0.3 is 4.57 Å². The number of hydrogen-bond donors (Lipinski definition) is 0. The summed E-state index contributed by atoms with van der Waals surface area (Å²) >= 11 is 5.92. The van der Waals surface area contributed by atoms with Gasteiger partial charge in [-0.25, -0.2) is 4.98 Å². The fourth-order valence-electron chi connectivity index (χ4n) is 2.70. The Bertz CT molecular complexity index is 955. The minimum Gasteiger partial charge on any atom is -0.308 e. The van der Waals surface area contributed by atoms with Crippen molar-refractivity contribution in [3.8, 4) is 11.3 Å². The summed E-state index contributed by atoms with van der Waals surface area (Å²) in [5.41, 5.74) is 2.11. The molecule has 0 saturated carbocycles. The topological polar surface area (TPSA) is 56.4 Å². The molecule has 0 amide bonds. The smallest absolute Gasteiger partial charge is 0.259 e. The minimum absolute atomic E-state index is 0.127. The zero-order chi connectivity index (χ0) is 17.3. The van der Waals surface area contributed by atoms with E-state index in [1.54, 1.807) is 22.9 Å². The van der Waals surface area contributed by atoms with Crippen LogP contribution in [0.5, 0.6) is 0 Å². The van der Waals surface area contributed by atoms with Gasteiger partial charge in [-0.2, -0.15) is 0 Å². The molecule has 124 valence electrons. The van der Waals surface area contributed by atoms with Crippen LogP contribution >= 0.6 is 11.6 Å². The monoisotopic (exact) mass is 343 g/mol. The van der Waals surface area contributed by atoms with Crippen LogP contribution in [0.2, 0.25) is 5.02 Å². The highest BCUT2D eigenvalue weighted by molar-refractivity contribution is 6.30. The third-order valence-corrected chi connectivity index (χ3v) is 4.18. The quantitative estimate of drug-likeness (QED) is 0.712.